The van der Waals surface area contributed by atoms with Crippen LogP contribution in [-0.4, -0.2) is 31.6 Å². The van der Waals surface area contributed by atoms with E-state index in [-0.39, 0.29) is 11.4 Å². The molecule has 7 heteroatoms. The number of rotatable bonds is 6. The van der Waals surface area contributed by atoms with E-state index < -0.39 is 10.0 Å². The fourth-order valence-corrected chi connectivity index (χ4v) is 4.78. The Morgan fingerprint density at radius 1 is 1.19 bits per heavy atom. The quantitative estimate of drug-likeness (QED) is 0.837. The molecule has 1 aliphatic rings. The fraction of sp³-hybridized carbons (Fsp3) is 0.526. The van der Waals surface area contributed by atoms with Crippen LogP contribution in [-0.2, 0) is 23.1 Å². The Morgan fingerprint density at radius 3 is 2.46 bits per heavy atom. The molecule has 3 rings (SSSR count). The third kappa shape index (κ3) is 4.34. The Labute approximate surface area is 155 Å². The normalized spacial score (nSPS) is 16.9. The van der Waals surface area contributed by atoms with Crippen molar-refractivity contribution in [3.05, 3.63) is 46.8 Å². The Morgan fingerprint density at radius 2 is 1.85 bits per heavy atom. The number of sulfonamides is 1. The lowest BCUT2D eigenvalue weighted by atomic mass is 9.98. The van der Waals surface area contributed by atoms with Crippen molar-refractivity contribution in [2.24, 2.45) is 5.92 Å². The number of nitrogens with zero attached hydrogens (tertiary/aromatic N) is 2. The SMILES string of the molecule is Cc1noc(C)c1S(=O)(=O)NCc1ccccc1CN1CCC(C)CC1. The van der Waals surface area contributed by atoms with Crippen molar-refractivity contribution in [1.29, 1.82) is 0 Å². The van der Waals surface area contributed by atoms with E-state index in [9.17, 15) is 8.42 Å². The number of aryl methyl sites for hydroxylation is 2. The van der Waals surface area contributed by atoms with E-state index in [0.717, 1.165) is 31.1 Å². The number of aromatic nitrogens is 1. The maximum atomic E-state index is 12.6. The Bertz CT molecular complexity index is 833. The molecule has 1 fully saturated rings. The minimum atomic E-state index is -3.65. The topological polar surface area (TPSA) is 75.4 Å². The molecule has 142 valence electrons. The van der Waals surface area contributed by atoms with E-state index in [1.165, 1.54) is 18.4 Å². The summed E-state index contributed by atoms with van der Waals surface area (Å²) in [7, 11) is -3.65. The summed E-state index contributed by atoms with van der Waals surface area (Å²) < 4.78 is 32.9. The van der Waals surface area contributed by atoms with Crippen molar-refractivity contribution in [1.82, 2.24) is 14.8 Å². The van der Waals surface area contributed by atoms with Gasteiger partial charge in [0.25, 0.3) is 0 Å². The molecule has 0 bridgehead atoms. The smallest absolute Gasteiger partial charge is 0.246 e. The van der Waals surface area contributed by atoms with Crippen molar-refractivity contribution in [3.8, 4) is 0 Å². The molecule has 2 aromatic rings. The number of hydrogen-bond donors (Lipinski definition) is 1. The molecule has 0 unspecified atom stereocenters. The van der Waals surface area contributed by atoms with E-state index >= 15 is 0 Å². The number of hydrogen-bond acceptors (Lipinski definition) is 5. The molecule has 1 aliphatic heterocycles. The minimum absolute atomic E-state index is 0.139. The van der Waals surface area contributed by atoms with Crippen LogP contribution in [0.3, 0.4) is 0 Å². The standard InChI is InChI=1S/C19H27N3O3S/c1-14-8-10-22(11-9-14)13-18-7-5-4-6-17(18)12-20-26(23,24)19-15(2)21-25-16(19)3/h4-7,14,20H,8-13H2,1-3H3. The lowest BCUT2D eigenvalue weighted by molar-refractivity contribution is 0.185. The van der Waals surface area contributed by atoms with E-state index in [1.54, 1.807) is 13.8 Å². The van der Waals surface area contributed by atoms with Crippen LogP contribution in [0.4, 0.5) is 0 Å². The van der Waals surface area contributed by atoms with Crippen molar-refractivity contribution in [3.63, 3.8) is 0 Å². The summed E-state index contributed by atoms with van der Waals surface area (Å²) in [5.41, 5.74) is 2.55. The largest absolute Gasteiger partial charge is 0.360 e. The Hall–Kier alpha value is -1.70. The molecule has 0 atom stereocenters. The summed E-state index contributed by atoms with van der Waals surface area (Å²) >= 11 is 0. The highest BCUT2D eigenvalue weighted by Crippen LogP contribution is 2.21. The van der Waals surface area contributed by atoms with Crippen LogP contribution in [0.1, 0.15) is 42.3 Å². The molecule has 1 saturated heterocycles. The second kappa shape index (κ2) is 7.90. The summed E-state index contributed by atoms with van der Waals surface area (Å²) in [5, 5.41) is 3.74. The first-order valence-electron chi connectivity index (χ1n) is 9.08. The van der Waals surface area contributed by atoms with Gasteiger partial charge in [0.15, 0.2) is 5.76 Å². The van der Waals surface area contributed by atoms with E-state index in [0.29, 0.717) is 11.5 Å². The van der Waals surface area contributed by atoms with Gasteiger partial charge in [0.1, 0.15) is 10.6 Å². The van der Waals surface area contributed by atoms with Gasteiger partial charge >= 0.3 is 0 Å². The van der Waals surface area contributed by atoms with Gasteiger partial charge in [0.05, 0.1) is 0 Å². The average Bonchev–Trinajstić information content (AvgIpc) is 2.95. The molecule has 1 N–H and O–H groups in total. The van der Waals surface area contributed by atoms with Crippen LogP contribution in [0.25, 0.3) is 0 Å². The zero-order valence-electron chi connectivity index (χ0n) is 15.7. The van der Waals surface area contributed by atoms with Gasteiger partial charge < -0.3 is 4.52 Å². The number of nitrogens with one attached hydrogen (secondary N) is 1. The van der Waals surface area contributed by atoms with Gasteiger partial charge in [0.2, 0.25) is 10.0 Å². The van der Waals surface area contributed by atoms with Crippen LogP contribution in [0.2, 0.25) is 0 Å². The monoisotopic (exact) mass is 377 g/mol. The molecule has 0 radical (unpaired) electrons. The summed E-state index contributed by atoms with van der Waals surface area (Å²) in [4.78, 5) is 2.58. The first kappa shape index (κ1) is 19.1. The Kier molecular flexibility index (Phi) is 5.79. The number of benzene rings is 1. The van der Waals surface area contributed by atoms with Crippen molar-refractivity contribution < 1.29 is 12.9 Å². The zero-order chi connectivity index (χ0) is 18.7. The molecule has 0 spiro atoms. The summed E-state index contributed by atoms with van der Waals surface area (Å²) in [6.07, 6.45) is 2.45. The van der Waals surface area contributed by atoms with Gasteiger partial charge in [-0.05, 0) is 56.8 Å². The lowest BCUT2D eigenvalue weighted by Crippen LogP contribution is -2.33. The second-order valence-corrected chi connectivity index (χ2v) is 8.91. The van der Waals surface area contributed by atoms with Crippen LogP contribution in [0, 0.1) is 19.8 Å². The van der Waals surface area contributed by atoms with Crippen LogP contribution >= 0.6 is 0 Å². The molecule has 0 aliphatic carbocycles. The molecule has 0 saturated carbocycles. The molecular formula is C19H27N3O3S. The predicted molar refractivity (Wildman–Crippen MR) is 100 cm³/mol. The third-order valence-corrected chi connectivity index (χ3v) is 6.72. The number of piperidine rings is 1. The number of likely N-dealkylation sites (tertiary alicyclic amines) is 1. The van der Waals surface area contributed by atoms with Crippen molar-refractivity contribution >= 4 is 10.0 Å². The highest BCUT2D eigenvalue weighted by molar-refractivity contribution is 7.89. The maximum absolute atomic E-state index is 12.6. The fourth-order valence-electron chi connectivity index (χ4n) is 3.45. The zero-order valence-corrected chi connectivity index (χ0v) is 16.5. The minimum Gasteiger partial charge on any atom is -0.360 e. The summed E-state index contributed by atoms with van der Waals surface area (Å²) in [5.74, 6) is 1.11. The van der Waals surface area contributed by atoms with Gasteiger partial charge in [-0.2, -0.15) is 0 Å². The Balaban J connectivity index is 1.71. The summed E-state index contributed by atoms with van der Waals surface area (Å²) in [6, 6.07) is 8.02. The van der Waals surface area contributed by atoms with Gasteiger partial charge in [-0.25, -0.2) is 13.1 Å². The predicted octanol–water partition coefficient (Wildman–Crippen LogP) is 3.00. The van der Waals surface area contributed by atoms with Gasteiger partial charge in [-0.1, -0.05) is 36.3 Å². The van der Waals surface area contributed by atoms with Gasteiger partial charge in [-0.3, -0.25) is 4.90 Å². The van der Waals surface area contributed by atoms with Crippen LogP contribution in [0.5, 0.6) is 0 Å². The first-order chi connectivity index (χ1) is 12.4. The maximum Gasteiger partial charge on any atom is 0.246 e. The second-order valence-electron chi connectivity index (χ2n) is 7.21. The van der Waals surface area contributed by atoms with E-state index in [4.69, 9.17) is 4.52 Å². The molecule has 6 nitrogen and oxygen atoms in total. The molecule has 0 amide bonds. The first-order valence-corrected chi connectivity index (χ1v) is 10.6. The summed E-state index contributed by atoms with van der Waals surface area (Å²) in [6.45, 7) is 8.86. The van der Waals surface area contributed by atoms with Crippen LogP contribution in [0.15, 0.2) is 33.7 Å². The van der Waals surface area contributed by atoms with Crippen molar-refractivity contribution in [2.75, 3.05) is 13.1 Å². The van der Waals surface area contributed by atoms with E-state index in [1.807, 2.05) is 18.2 Å². The van der Waals surface area contributed by atoms with Crippen molar-refractivity contribution in [2.45, 2.75) is 51.6 Å². The molecule has 1 aromatic heterocycles. The van der Waals surface area contributed by atoms with Crippen LogP contribution < -0.4 is 4.72 Å². The van der Waals surface area contributed by atoms with Gasteiger partial charge in [0, 0.05) is 13.1 Å². The highest BCUT2D eigenvalue weighted by Gasteiger charge is 2.24. The third-order valence-electron chi connectivity index (χ3n) is 5.08. The van der Waals surface area contributed by atoms with E-state index in [2.05, 4.69) is 27.8 Å². The molecule has 2 heterocycles. The van der Waals surface area contributed by atoms with Gasteiger partial charge in [-0.15, -0.1) is 0 Å². The average molecular weight is 378 g/mol. The highest BCUT2D eigenvalue weighted by atomic mass is 32.2. The molecule has 1 aromatic carbocycles. The lowest BCUT2D eigenvalue weighted by Gasteiger charge is -2.30. The molecule has 26 heavy (non-hydrogen) atoms. The molecular weight excluding hydrogens is 350 g/mol.